The van der Waals surface area contributed by atoms with Crippen molar-refractivity contribution in [2.45, 2.75) is 19.4 Å². The SMILES string of the molecule is Cc1c(Br)cccc1C(=O)[N+]#CC1CN(OC(=O)c2ccccc2)CC[C@@H]1O. The van der Waals surface area contributed by atoms with Crippen LogP contribution in [-0.4, -0.2) is 41.2 Å². The summed E-state index contributed by atoms with van der Waals surface area (Å²) in [6, 6.07) is 16.7. The van der Waals surface area contributed by atoms with Crippen LogP contribution in [-0.2, 0) is 4.84 Å². The first kappa shape index (κ1) is 20.2. The predicted molar refractivity (Wildman–Crippen MR) is 108 cm³/mol. The Hall–Kier alpha value is -2.53. The molecular formula is C21H20BrN2O4+. The number of hydrogen-bond donors (Lipinski definition) is 1. The number of amides is 1. The van der Waals surface area contributed by atoms with E-state index in [1.165, 1.54) is 5.06 Å². The Morgan fingerprint density at radius 3 is 2.71 bits per heavy atom. The molecule has 28 heavy (non-hydrogen) atoms. The molecule has 1 N–H and O–H groups in total. The first-order valence-electron chi connectivity index (χ1n) is 8.92. The van der Waals surface area contributed by atoms with E-state index in [0.717, 1.165) is 10.0 Å². The van der Waals surface area contributed by atoms with Crippen molar-refractivity contribution in [1.29, 1.82) is 0 Å². The fourth-order valence-corrected chi connectivity index (χ4v) is 3.27. The van der Waals surface area contributed by atoms with Crippen LogP contribution in [0.3, 0.4) is 0 Å². The summed E-state index contributed by atoms with van der Waals surface area (Å²) in [5, 5.41) is 11.7. The summed E-state index contributed by atoms with van der Waals surface area (Å²) >= 11 is 3.39. The molecule has 0 spiro atoms. The van der Waals surface area contributed by atoms with Gasteiger partial charge in [0.05, 0.1) is 18.2 Å². The van der Waals surface area contributed by atoms with Crippen LogP contribution in [0, 0.1) is 18.9 Å². The fraction of sp³-hybridized carbons (Fsp3) is 0.286. The summed E-state index contributed by atoms with van der Waals surface area (Å²) in [6.07, 6.45) is -0.314. The molecule has 1 saturated heterocycles. The van der Waals surface area contributed by atoms with Crippen molar-refractivity contribution >= 4 is 27.8 Å². The zero-order valence-electron chi connectivity index (χ0n) is 15.3. The number of aliphatic hydroxyl groups excluding tert-OH is 1. The quantitative estimate of drug-likeness (QED) is 0.782. The topological polar surface area (TPSA) is 71.2 Å². The van der Waals surface area contributed by atoms with E-state index in [2.05, 4.69) is 26.8 Å². The highest BCUT2D eigenvalue weighted by Crippen LogP contribution is 2.21. The molecule has 1 heterocycles. The molecule has 6 nitrogen and oxygen atoms in total. The van der Waals surface area contributed by atoms with E-state index in [1.54, 1.807) is 36.4 Å². The minimum absolute atomic E-state index is 0.216. The minimum atomic E-state index is -0.702. The third-order valence-electron chi connectivity index (χ3n) is 4.59. The van der Waals surface area contributed by atoms with E-state index in [1.807, 2.05) is 19.1 Å². The molecule has 0 bridgehead atoms. The molecule has 1 aliphatic rings. The molecule has 144 valence electrons. The van der Waals surface area contributed by atoms with Gasteiger partial charge in [0.15, 0.2) is 0 Å². The Morgan fingerprint density at radius 2 is 1.96 bits per heavy atom. The summed E-state index contributed by atoms with van der Waals surface area (Å²) in [6.45, 7) is 2.44. The Labute approximate surface area is 171 Å². The Balaban J connectivity index is 1.67. The number of benzene rings is 2. The highest BCUT2D eigenvalue weighted by Gasteiger charge is 2.33. The van der Waals surface area contributed by atoms with Crippen molar-refractivity contribution in [3.63, 3.8) is 0 Å². The first-order chi connectivity index (χ1) is 13.5. The smallest absolute Gasteiger partial charge is 0.391 e. The lowest BCUT2D eigenvalue weighted by Crippen LogP contribution is -2.43. The van der Waals surface area contributed by atoms with Crippen LogP contribution < -0.4 is 0 Å². The van der Waals surface area contributed by atoms with Crippen molar-refractivity contribution in [3.05, 3.63) is 74.5 Å². The first-order valence-corrected chi connectivity index (χ1v) is 9.71. The van der Waals surface area contributed by atoms with Gasteiger partial charge in [0.25, 0.3) is 6.07 Å². The average Bonchev–Trinajstić information content (AvgIpc) is 2.70. The van der Waals surface area contributed by atoms with E-state index < -0.39 is 23.9 Å². The van der Waals surface area contributed by atoms with Crippen LogP contribution in [0.2, 0.25) is 0 Å². The van der Waals surface area contributed by atoms with Gasteiger partial charge in [0.1, 0.15) is 11.5 Å². The maximum Gasteiger partial charge on any atom is 0.547 e. The van der Waals surface area contributed by atoms with E-state index in [-0.39, 0.29) is 6.54 Å². The molecule has 1 fully saturated rings. The Bertz CT molecular complexity index is 936. The molecule has 7 heteroatoms. The molecule has 1 aliphatic heterocycles. The molecule has 0 aromatic heterocycles. The van der Waals surface area contributed by atoms with Gasteiger partial charge in [-0.15, -0.1) is 5.06 Å². The van der Waals surface area contributed by atoms with Gasteiger partial charge in [-0.3, -0.25) is 0 Å². The number of rotatable bonds is 3. The predicted octanol–water partition coefficient (Wildman–Crippen LogP) is 3.69. The van der Waals surface area contributed by atoms with Gasteiger partial charge in [-0.2, -0.15) is 4.79 Å². The van der Waals surface area contributed by atoms with Crippen molar-refractivity contribution in [3.8, 4) is 6.07 Å². The van der Waals surface area contributed by atoms with Crippen molar-refractivity contribution in [2.24, 2.45) is 5.92 Å². The Kier molecular flexibility index (Phi) is 6.57. The summed E-state index contributed by atoms with van der Waals surface area (Å²) in [5.74, 6) is -1.42. The third kappa shape index (κ3) is 4.84. The van der Waals surface area contributed by atoms with E-state index >= 15 is 0 Å². The standard InChI is InChI=1S/C21H20BrN2O4/c1-14-17(8-5-9-18(14)22)20(26)23-12-16-13-24(11-10-19(16)25)28-21(27)15-6-3-2-4-7-15/h2-9,16,19,25H,10-11,13H2,1H3/q+1/t16?,19-/m0/s1. The second-order valence-corrected chi connectivity index (χ2v) is 7.41. The minimum Gasteiger partial charge on any atom is -0.391 e. The van der Waals surface area contributed by atoms with Crippen molar-refractivity contribution < 1.29 is 19.5 Å². The molecular weight excluding hydrogens is 424 g/mol. The second kappa shape index (κ2) is 9.11. The number of hydroxylamine groups is 2. The van der Waals surface area contributed by atoms with Gasteiger partial charge in [0, 0.05) is 15.9 Å². The van der Waals surface area contributed by atoms with Crippen molar-refractivity contribution in [2.75, 3.05) is 13.1 Å². The molecule has 0 aliphatic carbocycles. The van der Waals surface area contributed by atoms with Crippen LogP contribution in [0.25, 0.3) is 4.85 Å². The van der Waals surface area contributed by atoms with Crippen LogP contribution >= 0.6 is 15.9 Å². The third-order valence-corrected chi connectivity index (χ3v) is 5.45. The number of hydrogen-bond acceptors (Lipinski definition) is 5. The lowest BCUT2D eigenvalue weighted by molar-refractivity contribution is -0.143. The fourth-order valence-electron chi connectivity index (χ4n) is 2.90. The van der Waals surface area contributed by atoms with Crippen LogP contribution in [0.1, 0.15) is 32.7 Å². The van der Waals surface area contributed by atoms with Gasteiger partial charge in [-0.05, 0) is 43.2 Å². The molecule has 0 saturated carbocycles. The van der Waals surface area contributed by atoms with Crippen LogP contribution in [0.15, 0.2) is 53.0 Å². The number of halogens is 1. The number of aliphatic hydroxyl groups is 1. The number of nitrogens with zero attached hydrogens (tertiary/aromatic N) is 2. The monoisotopic (exact) mass is 443 g/mol. The van der Waals surface area contributed by atoms with E-state index in [0.29, 0.717) is 24.1 Å². The summed E-state index contributed by atoms with van der Waals surface area (Å²) in [5.41, 5.74) is 1.71. The van der Waals surface area contributed by atoms with Crippen LogP contribution in [0.5, 0.6) is 0 Å². The number of carbonyl (C=O) groups is 2. The maximum absolute atomic E-state index is 12.4. The molecule has 2 atom stereocenters. The van der Waals surface area contributed by atoms with Gasteiger partial charge < -0.3 is 9.94 Å². The highest BCUT2D eigenvalue weighted by atomic mass is 79.9. The maximum atomic E-state index is 12.4. The van der Waals surface area contributed by atoms with Crippen molar-refractivity contribution in [1.82, 2.24) is 5.06 Å². The largest absolute Gasteiger partial charge is 0.547 e. The number of carbonyl (C=O) groups excluding carboxylic acids is 2. The molecule has 1 unspecified atom stereocenters. The number of piperidine rings is 1. The molecule has 1 amide bonds. The Morgan fingerprint density at radius 1 is 1.21 bits per heavy atom. The summed E-state index contributed by atoms with van der Waals surface area (Å²) < 4.78 is 0.824. The normalized spacial score (nSPS) is 19.4. The zero-order valence-corrected chi connectivity index (χ0v) is 16.9. The van der Waals surface area contributed by atoms with E-state index in [9.17, 15) is 14.7 Å². The average molecular weight is 444 g/mol. The summed E-state index contributed by atoms with van der Waals surface area (Å²) in [4.78, 5) is 33.9. The lowest BCUT2D eigenvalue weighted by atomic mass is 9.97. The van der Waals surface area contributed by atoms with Gasteiger partial charge in [-0.25, -0.2) is 4.79 Å². The zero-order chi connectivity index (χ0) is 20.1. The van der Waals surface area contributed by atoms with E-state index in [4.69, 9.17) is 4.84 Å². The molecule has 3 rings (SSSR count). The highest BCUT2D eigenvalue weighted by molar-refractivity contribution is 9.10. The lowest BCUT2D eigenvalue weighted by Gasteiger charge is -2.29. The molecule has 2 aromatic rings. The molecule has 0 radical (unpaired) electrons. The van der Waals surface area contributed by atoms with Crippen LogP contribution in [0.4, 0.5) is 0 Å². The van der Waals surface area contributed by atoms with Gasteiger partial charge in [0.2, 0.25) is 0 Å². The molecule has 2 aromatic carbocycles. The summed E-state index contributed by atoms with van der Waals surface area (Å²) in [7, 11) is 0. The van der Waals surface area contributed by atoms with Gasteiger partial charge in [-0.1, -0.05) is 40.2 Å². The van der Waals surface area contributed by atoms with Gasteiger partial charge >= 0.3 is 11.9 Å². The second-order valence-electron chi connectivity index (χ2n) is 6.55.